The van der Waals surface area contributed by atoms with Gasteiger partial charge in [0.2, 0.25) is 5.91 Å². The van der Waals surface area contributed by atoms with Crippen molar-refractivity contribution in [1.29, 1.82) is 0 Å². The molecule has 1 fully saturated rings. The fraction of sp³-hybridized carbons (Fsp3) is 0.636. The lowest BCUT2D eigenvalue weighted by atomic mass is 9.97. The molecule has 5 heteroatoms. The topological polar surface area (TPSA) is 61.4 Å². The number of likely N-dealkylation sites (tertiary alicyclic amines) is 1. The van der Waals surface area contributed by atoms with Crippen molar-refractivity contribution >= 4 is 11.8 Å². The molecule has 1 unspecified atom stereocenters. The van der Waals surface area contributed by atoms with Gasteiger partial charge < -0.3 is 10.6 Å². The summed E-state index contributed by atoms with van der Waals surface area (Å²) in [5.74, 6) is -0.301. The molecule has 0 saturated carbocycles. The Morgan fingerprint density at radius 3 is 2.33 bits per heavy atom. The van der Waals surface area contributed by atoms with Crippen LogP contribution in [-0.4, -0.2) is 47.9 Å². The van der Waals surface area contributed by atoms with Crippen LogP contribution in [0.4, 0.5) is 0 Å². The average molecular weight is 374 g/mol. The van der Waals surface area contributed by atoms with Gasteiger partial charge in [-0.2, -0.15) is 0 Å². The monoisotopic (exact) mass is 373 g/mol. The molecule has 0 aromatic heterocycles. The quantitative estimate of drug-likeness (QED) is 0.772. The zero-order valence-electron chi connectivity index (χ0n) is 17.5. The van der Waals surface area contributed by atoms with E-state index in [9.17, 15) is 9.59 Å². The summed E-state index contributed by atoms with van der Waals surface area (Å²) in [6.07, 6.45) is 3.73. The molecular formula is C22H35N3O2. The molecule has 1 aliphatic rings. The highest BCUT2D eigenvalue weighted by atomic mass is 16.2. The maximum atomic E-state index is 12.8. The summed E-state index contributed by atoms with van der Waals surface area (Å²) in [4.78, 5) is 27.9. The van der Waals surface area contributed by atoms with Crippen LogP contribution in [0, 0.1) is 12.8 Å². The van der Waals surface area contributed by atoms with Gasteiger partial charge in [-0.1, -0.05) is 38.5 Å². The maximum Gasteiger partial charge on any atom is 0.252 e. The first kappa shape index (κ1) is 21.4. The van der Waals surface area contributed by atoms with Crippen molar-refractivity contribution in [2.75, 3.05) is 19.6 Å². The Morgan fingerprint density at radius 1 is 1.11 bits per heavy atom. The van der Waals surface area contributed by atoms with Crippen LogP contribution in [-0.2, 0) is 4.79 Å². The SMILES string of the molecule is Cc1ccccc1C(=O)NC(C(=O)NCC(C)(C)N1CCCCC1)C(C)C. The second-order valence-electron chi connectivity index (χ2n) is 8.59. The summed E-state index contributed by atoms with van der Waals surface area (Å²) < 4.78 is 0. The number of aryl methyl sites for hydroxylation is 1. The lowest BCUT2D eigenvalue weighted by Crippen LogP contribution is -2.57. The third kappa shape index (κ3) is 5.80. The minimum Gasteiger partial charge on any atom is -0.352 e. The fourth-order valence-corrected chi connectivity index (χ4v) is 3.61. The smallest absolute Gasteiger partial charge is 0.252 e. The van der Waals surface area contributed by atoms with E-state index in [0.29, 0.717) is 12.1 Å². The van der Waals surface area contributed by atoms with E-state index in [1.807, 2.05) is 39.0 Å². The van der Waals surface area contributed by atoms with Gasteiger partial charge in [0.25, 0.3) is 5.91 Å². The highest BCUT2D eigenvalue weighted by Gasteiger charge is 2.31. The van der Waals surface area contributed by atoms with E-state index in [-0.39, 0.29) is 23.3 Å². The van der Waals surface area contributed by atoms with Crippen molar-refractivity contribution < 1.29 is 9.59 Å². The van der Waals surface area contributed by atoms with Gasteiger partial charge in [-0.05, 0) is 64.3 Å². The number of benzene rings is 1. The molecular weight excluding hydrogens is 338 g/mol. The Hall–Kier alpha value is -1.88. The number of nitrogens with zero attached hydrogens (tertiary/aromatic N) is 1. The molecule has 1 atom stereocenters. The third-order valence-electron chi connectivity index (χ3n) is 5.53. The van der Waals surface area contributed by atoms with Crippen LogP contribution < -0.4 is 10.6 Å². The van der Waals surface area contributed by atoms with Crippen molar-refractivity contribution in [2.45, 2.75) is 65.5 Å². The van der Waals surface area contributed by atoms with E-state index in [4.69, 9.17) is 0 Å². The number of nitrogens with one attached hydrogen (secondary N) is 2. The zero-order valence-corrected chi connectivity index (χ0v) is 17.5. The number of piperidine rings is 1. The molecule has 0 radical (unpaired) electrons. The molecule has 2 amide bonds. The molecule has 1 aliphatic heterocycles. The van der Waals surface area contributed by atoms with E-state index in [1.165, 1.54) is 19.3 Å². The lowest BCUT2D eigenvalue weighted by molar-refractivity contribution is -0.124. The van der Waals surface area contributed by atoms with Gasteiger partial charge in [-0.25, -0.2) is 0 Å². The summed E-state index contributed by atoms with van der Waals surface area (Å²) in [5.41, 5.74) is 1.44. The minimum absolute atomic E-state index is 0.0102. The van der Waals surface area contributed by atoms with Gasteiger partial charge in [-0.3, -0.25) is 14.5 Å². The lowest BCUT2D eigenvalue weighted by Gasteiger charge is -2.41. The molecule has 2 N–H and O–H groups in total. The first-order chi connectivity index (χ1) is 12.7. The Labute approximate surface area is 163 Å². The van der Waals surface area contributed by atoms with E-state index in [0.717, 1.165) is 18.7 Å². The van der Waals surface area contributed by atoms with E-state index < -0.39 is 6.04 Å². The maximum absolute atomic E-state index is 12.8. The number of carbonyl (C=O) groups is 2. The molecule has 1 heterocycles. The van der Waals surface area contributed by atoms with Gasteiger partial charge in [0.1, 0.15) is 6.04 Å². The number of hydrogen-bond donors (Lipinski definition) is 2. The minimum atomic E-state index is -0.547. The second-order valence-corrected chi connectivity index (χ2v) is 8.59. The molecule has 0 bridgehead atoms. The zero-order chi connectivity index (χ0) is 20.0. The number of carbonyl (C=O) groups excluding carboxylic acids is 2. The molecule has 0 aliphatic carbocycles. The molecule has 27 heavy (non-hydrogen) atoms. The number of amides is 2. The van der Waals surface area contributed by atoms with Crippen molar-refractivity contribution in [3.63, 3.8) is 0 Å². The van der Waals surface area contributed by atoms with Crippen molar-refractivity contribution in [3.05, 3.63) is 35.4 Å². The summed E-state index contributed by atoms with van der Waals surface area (Å²) in [6.45, 7) is 12.9. The summed E-state index contributed by atoms with van der Waals surface area (Å²) in [7, 11) is 0. The van der Waals surface area contributed by atoms with Crippen molar-refractivity contribution in [1.82, 2.24) is 15.5 Å². The Kier molecular flexibility index (Phi) is 7.42. The average Bonchev–Trinajstić information content (AvgIpc) is 2.65. The van der Waals surface area contributed by atoms with Gasteiger partial charge in [-0.15, -0.1) is 0 Å². The molecule has 2 rings (SSSR count). The Bertz CT molecular complexity index is 649. The van der Waals surface area contributed by atoms with E-state index >= 15 is 0 Å². The van der Waals surface area contributed by atoms with Crippen LogP contribution in [0.5, 0.6) is 0 Å². The predicted octanol–water partition coefficient (Wildman–Crippen LogP) is 3.13. The fourth-order valence-electron chi connectivity index (χ4n) is 3.61. The first-order valence-corrected chi connectivity index (χ1v) is 10.1. The summed E-state index contributed by atoms with van der Waals surface area (Å²) >= 11 is 0. The number of rotatable bonds is 7. The van der Waals surface area contributed by atoms with Crippen LogP contribution in [0.1, 0.15) is 62.9 Å². The molecule has 1 aromatic rings. The van der Waals surface area contributed by atoms with Crippen LogP contribution in [0.3, 0.4) is 0 Å². The van der Waals surface area contributed by atoms with Crippen molar-refractivity contribution in [3.8, 4) is 0 Å². The summed E-state index contributed by atoms with van der Waals surface area (Å²) in [5, 5.41) is 6.00. The molecule has 5 nitrogen and oxygen atoms in total. The van der Waals surface area contributed by atoms with Crippen LogP contribution in [0.2, 0.25) is 0 Å². The first-order valence-electron chi connectivity index (χ1n) is 10.1. The van der Waals surface area contributed by atoms with Gasteiger partial charge >= 0.3 is 0 Å². The molecule has 0 spiro atoms. The van der Waals surface area contributed by atoms with Gasteiger partial charge in [0.15, 0.2) is 0 Å². The Morgan fingerprint density at radius 2 is 1.74 bits per heavy atom. The molecule has 1 aromatic carbocycles. The molecule has 150 valence electrons. The molecule has 1 saturated heterocycles. The largest absolute Gasteiger partial charge is 0.352 e. The third-order valence-corrected chi connectivity index (χ3v) is 5.53. The van der Waals surface area contributed by atoms with Crippen molar-refractivity contribution in [2.24, 2.45) is 5.92 Å². The highest BCUT2D eigenvalue weighted by molar-refractivity contribution is 5.98. The number of hydrogen-bond acceptors (Lipinski definition) is 3. The summed E-state index contributed by atoms with van der Waals surface area (Å²) in [6, 6.07) is 6.89. The van der Waals surface area contributed by atoms with Crippen LogP contribution in [0.15, 0.2) is 24.3 Å². The second kappa shape index (κ2) is 9.36. The van der Waals surface area contributed by atoms with E-state index in [2.05, 4.69) is 29.4 Å². The highest BCUT2D eigenvalue weighted by Crippen LogP contribution is 2.20. The van der Waals surface area contributed by atoms with E-state index in [1.54, 1.807) is 6.07 Å². The van der Waals surface area contributed by atoms with Crippen LogP contribution >= 0.6 is 0 Å². The standard InChI is InChI=1S/C22H35N3O2/c1-16(2)19(24-20(26)18-12-8-7-11-17(18)3)21(27)23-15-22(4,5)25-13-9-6-10-14-25/h7-8,11-12,16,19H,6,9-10,13-15H2,1-5H3,(H,23,27)(H,24,26). The van der Waals surface area contributed by atoms with Crippen LogP contribution in [0.25, 0.3) is 0 Å². The van der Waals surface area contributed by atoms with Gasteiger partial charge in [0.05, 0.1) is 0 Å². The normalized spacial score (nSPS) is 16.8. The van der Waals surface area contributed by atoms with Gasteiger partial charge in [0, 0.05) is 17.6 Å². The predicted molar refractivity (Wildman–Crippen MR) is 110 cm³/mol. The Balaban J connectivity index is 1.98.